The molecular formula is C23H36N2O2. The van der Waals surface area contributed by atoms with E-state index in [0.29, 0.717) is 24.2 Å². The van der Waals surface area contributed by atoms with Gasteiger partial charge in [-0.2, -0.15) is 0 Å². The predicted molar refractivity (Wildman–Crippen MR) is 107 cm³/mol. The van der Waals surface area contributed by atoms with Gasteiger partial charge in [-0.3, -0.25) is 9.59 Å². The zero-order valence-corrected chi connectivity index (χ0v) is 17.4. The highest BCUT2D eigenvalue weighted by molar-refractivity contribution is 5.89. The lowest BCUT2D eigenvalue weighted by molar-refractivity contribution is -0.131. The number of amides is 2. The lowest BCUT2D eigenvalue weighted by atomic mass is 9.48. The largest absolute Gasteiger partial charge is 0.351 e. The van der Waals surface area contributed by atoms with Crippen molar-refractivity contribution in [1.82, 2.24) is 10.6 Å². The van der Waals surface area contributed by atoms with Gasteiger partial charge in [0.05, 0.1) is 0 Å². The lowest BCUT2D eigenvalue weighted by Gasteiger charge is -2.58. The van der Waals surface area contributed by atoms with Gasteiger partial charge in [0.25, 0.3) is 0 Å². The second-order valence-electron chi connectivity index (χ2n) is 11.0. The molecule has 4 nitrogen and oxygen atoms in total. The SMILES string of the molecule is CC(C)(C)NC(=O)C[C@@]12CCC[C@H]1[C@@H]1CCC3NC(=O)C=C[C@]3(C)[C@H]1CC2. The molecule has 3 aliphatic carbocycles. The Morgan fingerprint density at radius 2 is 1.96 bits per heavy atom. The molecule has 0 saturated heterocycles. The Hall–Kier alpha value is -1.32. The number of rotatable bonds is 2. The van der Waals surface area contributed by atoms with E-state index in [2.05, 4.69) is 44.4 Å². The number of carbonyl (C=O) groups is 2. The quantitative estimate of drug-likeness (QED) is 0.771. The smallest absolute Gasteiger partial charge is 0.243 e. The third kappa shape index (κ3) is 3.23. The minimum atomic E-state index is -0.157. The number of hydrogen-bond donors (Lipinski definition) is 2. The maximum atomic E-state index is 12.8. The van der Waals surface area contributed by atoms with Gasteiger partial charge in [-0.15, -0.1) is 0 Å². The Morgan fingerprint density at radius 3 is 2.70 bits per heavy atom. The first-order valence-corrected chi connectivity index (χ1v) is 10.9. The van der Waals surface area contributed by atoms with Crippen molar-refractivity contribution in [1.29, 1.82) is 0 Å². The Bertz CT molecular complexity index is 664. The minimum Gasteiger partial charge on any atom is -0.351 e. The first kappa shape index (κ1) is 19.0. The van der Waals surface area contributed by atoms with Gasteiger partial charge >= 0.3 is 0 Å². The zero-order valence-electron chi connectivity index (χ0n) is 17.4. The van der Waals surface area contributed by atoms with Gasteiger partial charge in [0, 0.05) is 23.4 Å². The second kappa shape index (κ2) is 6.35. The van der Waals surface area contributed by atoms with Gasteiger partial charge in [0.2, 0.25) is 11.8 Å². The van der Waals surface area contributed by atoms with Crippen LogP contribution in [0.3, 0.4) is 0 Å². The summed E-state index contributed by atoms with van der Waals surface area (Å²) >= 11 is 0. The van der Waals surface area contributed by atoms with Crippen molar-refractivity contribution in [2.24, 2.45) is 28.6 Å². The average Bonchev–Trinajstić information content (AvgIpc) is 2.97. The minimum absolute atomic E-state index is 0.0702. The monoisotopic (exact) mass is 372 g/mol. The molecule has 1 aliphatic heterocycles. The second-order valence-corrected chi connectivity index (χ2v) is 11.0. The van der Waals surface area contributed by atoms with Crippen molar-refractivity contribution in [3.05, 3.63) is 12.2 Å². The molecule has 4 rings (SSSR count). The fourth-order valence-electron chi connectivity index (χ4n) is 7.22. The molecule has 2 amide bonds. The number of hydrogen-bond acceptors (Lipinski definition) is 2. The molecule has 0 radical (unpaired) electrons. The van der Waals surface area contributed by atoms with Crippen LogP contribution in [0.4, 0.5) is 0 Å². The third-order valence-corrected chi connectivity index (χ3v) is 8.24. The third-order valence-electron chi connectivity index (χ3n) is 8.24. The number of nitrogens with one attached hydrogen (secondary N) is 2. The van der Waals surface area contributed by atoms with Crippen LogP contribution < -0.4 is 10.6 Å². The highest BCUT2D eigenvalue weighted by Crippen LogP contribution is 2.64. The zero-order chi connectivity index (χ0) is 19.4. The molecule has 6 atom stereocenters. The fourth-order valence-corrected chi connectivity index (χ4v) is 7.22. The van der Waals surface area contributed by atoms with E-state index in [4.69, 9.17) is 0 Å². The molecule has 0 bridgehead atoms. The van der Waals surface area contributed by atoms with Crippen LogP contribution in [-0.4, -0.2) is 23.4 Å². The molecule has 150 valence electrons. The Labute approximate surface area is 163 Å². The molecule has 0 aromatic heterocycles. The molecule has 1 unspecified atom stereocenters. The van der Waals surface area contributed by atoms with E-state index >= 15 is 0 Å². The molecule has 1 heterocycles. The van der Waals surface area contributed by atoms with Crippen molar-refractivity contribution in [3.63, 3.8) is 0 Å². The summed E-state index contributed by atoms with van der Waals surface area (Å²) in [7, 11) is 0. The van der Waals surface area contributed by atoms with Crippen molar-refractivity contribution in [3.8, 4) is 0 Å². The van der Waals surface area contributed by atoms with Crippen LogP contribution in [0.15, 0.2) is 12.2 Å². The Balaban J connectivity index is 1.56. The van der Waals surface area contributed by atoms with Gasteiger partial charge in [0.1, 0.15) is 0 Å². The van der Waals surface area contributed by atoms with Gasteiger partial charge < -0.3 is 10.6 Å². The van der Waals surface area contributed by atoms with E-state index in [0.717, 1.165) is 6.42 Å². The summed E-state index contributed by atoms with van der Waals surface area (Å²) in [6.45, 7) is 8.56. The Kier molecular flexibility index (Phi) is 4.47. The van der Waals surface area contributed by atoms with E-state index in [1.165, 1.54) is 38.5 Å². The van der Waals surface area contributed by atoms with Crippen LogP contribution in [0.5, 0.6) is 0 Å². The normalized spacial score (nSPS) is 43.3. The van der Waals surface area contributed by atoms with Crippen molar-refractivity contribution < 1.29 is 9.59 Å². The predicted octanol–water partition coefficient (Wildman–Crippen LogP) is 3.96. The summed E-state index contributed by atoms with van der Waals surface area (Å²) in [6.07, 6.45) is 13.1. The molecule has 0 aromatic carbocycles. The molecule has 0 spiro atoms. The molecule has 2 N–H and O–H groups in total. The molecule has 27 heavy (non-hydrogen) atoms. The average molecular weight is 373 g/mol. The van der Waals surface area contributed by atoms with Crippen LogP contribution in [0.1, 0.15) is 79.1 Å². The van der Waals surface area contributed by atoms with Crippen LogP contribution in [-0.2, 0) is 9.59 Å². The summed E-state index contributed by atoms with van der Waals surface area (Å²) in [5, 5.41) is 6.44. The van der Waals surface area contributed by atoms with Crippen LogP contribution in [0.2, 0.25) is 0 Å². The summed E-state index contributed by atoms with van der Waals surface area (Å²) in [5.74, 6) is 2.31. The van der Waals surface area contributed by atoms with E-state index in [-0.39, 0.29) is 34.2 Å². The molecule has 3 fully saturated rings. The molecule has 4 heteroatoms. The van der Waals surface area contributed by atoms with Crippen LogP contribution >= 0.6 is 0 Å². The van der Waals surface area contributed by atoms with Gasteiger partial charge in [0.15, 0.2) is 0 Å². The fraction of sp³-hybridized carbons (Fsp3) is 0.826. The number of fused-ring (bicyclic) bond motifs is 5. The van der Waals surface area contributed by atoms with Gasteiger partial charge in [-0.1, -0.05) is 19.4 Å². The van der Waals surface area contributed by atoms with Crippen molar-refractivity contribution >= 4 is 11.8 Å². The Morgan fingerprint density at radius 1 is 1.19 bits per heavy atom. The standard InChI is InChI=1S/C23H36N2O2/c1-21(2,3)25-20(27)14-23-11-5-6-17(23)15-7-8-18-22(4,16(15)9-13-23)12-10-19(26)24-18/h10,12,15-18H,5-9,11,13-14H2,1-4H3,(H,24,26)(H,25,27)/t15-,16+,17+,18?,22-,23+/m1/s1. The van der Waals surface area contributed by atoms with Crippen LogP contribution in [0.25, 0.3) is 0 Å². The van der Waals surface area contributed by atoms with Crippen molar-refractivity contribution in [2.45, 2.75) is 90.6 Å². The summed E-state index contributed by atoms with van der Waals surface area (Å²) in [6, 6.07) is 0.286. The van der Waals surface area contributed by atoms with Crippen LogP contribution in [0, 0.1) is 28.6 Å². The highest BCUT2D eigenvalue weighted by atomic mass is 16.2. The maximum Gasteiger partial charge on any atom is 0.243 e. The van der Waals surface area contributed by atoms with Gasteiger partial charge in [-0.25, -0.2) is 0 Å². The van der Waals surface area contributed by atoms with E-state index in [1.54, 1.807) is 6.08 Å². The molecule has 4 aliphatic rings. The van der Waals surface area contributed by atoms with E-state index in [1.807, 2.05) is 0 Å². The van der Waals surface area contributed by atoms with Crippen molar-refractivity contribution in [2.75, 3.05) is 0 Å². The molecule has 0 aromatic rings. The first-order chi connectivity index (χ1) is 12.6. The van der Waals surface area contributed by atoms with E-state index in [9.17, 15) is 9.59 Å². The molecular weight excluding hydrogens is 336 g/mol. The van der Waals surface area contributed by atoms with Gasteiger partial charge in [-0.05, 0) is 88.5 Å². The first-order valence-electron chi connectivity index (χ1n) is 10.9. The molecule has 3 saturated carbocycles. The maximum absolute atomic E-state index is 12.8. The summed E-state index contributed by atoms with van der Waals surface area (Å²) in [5.41, 5.74) is 0.135. The summed E-state index contributed by atoms with van der Waals surface area (Å²) in [4.78, 5) is 24.6. The summed E-state index contributed by atoms with van der Waals surface area (Å²) < 4.78 is 0. The topological polar surface area (TPSA) is 58.2 Å². The highest BCUT2D eigenvalue weighted by Gasteiger charge is 2.58. The number of carbonyl (C=O) groups excluding carboxylic acids is 2. The lowest BCUT2D eigenvalue weighted by Crippen LogP contribution is -2.59. The van der Waals surface area contributed by atoms with E-state index < -0.39 is 0 Å².